The minimum absolute atomic E-state index is 0.144. The third-order valence-electron chi connectivity index (χ3n) is 3.64. The largest absolute Gasteiger partial charge is 0.381 e. The van der Waals surface area contributed by atoms with E-state index in [0.29, 0.717) is 16.9 Å². The first kappa shape index (κ1) is 15.3. The van der Waals surface area contributed by atoms with Gasteiger partial charge in [-0.2, -0.15) is 5.10 Å². The first-order valence-corrected chi connectivity index (χ1v) is 7.63. The summed E-state index contributed by atoms with van der Waals surface area (Å²) in [5.74, 6) is 0.561. The van der Waals surface area contributed by atoms with Gasteiger partial charge in [0.1, 0.15) is 4.47 Å². The Hall–Kier alpha value is -1.14. The summed E-state index contributed by atoms with van der Waals surface area (Å²) >= 11 is 3.36. The normalized spacial score (nSPS) is 17.7. The molecule has 5 nitrogen and oxygen atoms in total. The van der Waals surface area contributed by atoms with Crippen LogP contribution in [0.25, 0.3) is 0 Å². The first-order chi connectivity index (χ1) is 9.63. The Morgan fingerprint density at radius 3 is 3.00 bits per heavy atom. The fourth-order valence-electron chi connectivity index (χ4n) is 2.40. The van der Waals surface area contributed by atoms with Gasteiger partial charge in [-0.25, -0.2) is 4.68 Å². The molecule has 0 radical (unpaired) electrons. The summed E-state index contributed by atoms with van der Waals surface area (Å²) in [5, 5.41) is 7.53. The number of ether oxygens (including phenoxy) is 1. The zero-order valence-electron chi connectivity index (χ0n) is 11.6. The maximum Gasteiger partial charge on any atom is 0.283 e. The van der Waals surface area contributed by atoms with Crippen LogP contribution in [0.3, 0.4) is 0 Å². The molecule has 1 unspecified atom stereocenters. The van der Waals surface area contributed by atoms with Crippen LogP contribution in [0.4, 0.5) is 5.69 Å². The number of rotatable bonds is 5. The first-order valence-electron chi connectivity index (χ1n) is 6.84. The molecule has 0 spiro atoms. The van der Waals surface area contributed by atoms with Gasteiger partial charge in [0, 0.05) is 19.3 Å². The molecule has 1 aromatic rings. The lowest BCUT2D eigenvalue weighted by atomic mass is 9.93. The summed E-state index contributed by atoms with van der Waals surface area (Å²) in [6.07, 6.45) is 5.43. The molecule has 0 aliphatic carbocycles. The average molecular weight is 342 g/mol. The summed E-state index contributed by atoms with van der Waals surface area (Å²) in [7, 11) is 0. The van der Waals surface area contributed by atoms with Gasteiger partial charge in [-0.1, -0.05) is 6.08 Å². The van der Waals surface area contributed by atoms with Gasteiger partial charge in [-0.15, -0.1) is 6.58 Å². The summed E-state index contributed by atoms with van der Waals surface area (Å²) in [4.78, 5) is 12.1. The minimum Gasteiger partial charge on any atom is -0.381 e. The van der Waals surface area contributed by atoms with E-state index in [1.807, 2.05) is 0 Å². The standard InChI is InChI=1S/C14H20BrN3O2/c1-3-6-18-14(19)13(15)12(9-16-18)17-10(2)11-4-7-20-8-5-11/h3,9-11,17H,1,4-8H2,2H3. The fourth-order valence-corrected chi connectivity index (χ4v) is 2.82. The van der Waals surface area contributed by atoms with E-state index >= 15 is 0 Å². The van der Waals surface area contributed by atoms with Crippen LogP contribution in [-0.4, -0.2) is 29.0 Å². The van der Waals surface area contributed by atoms with Crippen molar-refractivity contribution in [3.05, 3.63) is 33.7 Å². The monoisotopic (exact) mass is 341 g/mol. The lowest BCUT2D eigenvalue weighted by molar-refractivity contribution is 0.0622. The van der Waals surface area contributed by atoms with Crippen LogP contribution in [0.1, 0.15) is 19.8 Å². The number of aromatic nitrogens is 2. The second kappa shape index (κ2) is 7.04. The van der Waals surface area contributed by atoms with Crippen LogP contribution >= 0.6 is 15.9 Å². The van der Waals surface area contributed by atoms with Crippen molar-refractivity contribution in [1.29, 1.82) is 0 Å². The van der Waals surface area contributed by atoms with E-state index < -0.39 is 0 Å². The smallest absolute Gasteiger partial charge is 0.283 e. The van der Waals surface area contributed by atoms with Crippen molar-refractivity contribution in [2.45, 2.75) is 32.4 Å². The van der Waals surface area contributed by atoms with Gasteiger partial charge in [-0.3, -0.25) is 4.79 Å². The van der Waals surface area contributed by atoms with E-state index in [0.717, 1.165) is 31.7 Å². The van der Waals surface area contributed by atoms with E-state index in [1.165, 1.54) is 4.68 Å². The minimum atomic E-state index is -0.144. The molecule has 2 rings (SSSR count). The molecule has 1 N–H and O–H groups in total. The predicted molar refractivity (Wildman–Crippen MR) is 83.0 cm³/mol. The fraction of sp³-hybridized carbons (Fsp3) is 0.571. The van der Waals surface area contributed by atoms with Crippen molar-refractivity contribution < 1.29 is 4.74 Å². The number of halogens is 1. The van der Waals surface area contributed by atoms with Crippen LogP contribution in [0, 0.1) is 5.92 Å². The zero-order valence-corrected chi connectivity index (χ0v) is 13.2. The Kier molecular flexibility index (Phi) is 5.37. The maximum atomic E-state index is 12.1. The summed E-state index contributed by atoms with van der Waals surface area (Å²) < 4.78 is 7.27. The van der Waals surface area contributed by atoms with Gasteiger partial charge >= 0.3 is 0 Å². The van der Waals surface area contributed by atoms with Crippen LogP contribution < -0.4 is 10.9 Å². The lowest BCUT2D eigenvalue weighted by Crippen LogP contribution is -2.32. The quantitative estimate of drug-likeness (QED) is 0.835. The topological polar surface area (TPSA) is 56.1 Å². The van der Waals surface area contributed by atoms with Crippen LogP contribution in [0.15, 0.2) is 28.1 Å². The van der Waals surface area contributed by atoms with E-state index in [1.54, 1.807) is 12.3 Å². The van der Waals surface area contributed by atoms with Crippen molar-refractivity contribution in [2.75, 3.05) is 18.5 Å². The molecule has 0 saturated carbocycles. The van der Waals surface area contributed by atoms with Crippen molar-refractivity contribution in [2.24, 2.45) is 5.92 Å². The zero-order chi connectivity index (χ0) is 14.5. The lowest BCUT2D eigenvalue weighted by Gasteiger charge is -2.29. The third kappa shape index (κ3) is 3.49. The van der Waals surface area contributed by atoms with Crippen LogP contribution in [-0.2, 0) is 11.3 Å². The number of nitrogens with zero attached hydrogens (tertiary/aromatic N) is 2. The summed E-state index contributed by atoms with van der Waals surface area (Å²) in [6, 6.07) is 0.284. The molecule has 20 heavy (non-hydrogen) atoms. The number of anilines is 1. The van der Waals surface area contributed by atoms with Crippen LogP contribution in [0.5, 0.6) is 0 Å². The summed E-state index contributed by atoms with van der Waals surface area (Å²) in [6.45, 7) is 7.80. The highest BCUT2D eigenvalue weighted by Crippen LogP contribution is 2.24. The highest BCUT2D eigenvalue weighted by molar-refractivity contribution is 9.10. The van der Waals surface area contributed by atoms with Crippen molar-refractivity contribution in [3.63, 3.8) is 0 Å². The molecule has 1 aliphatic rings. The molecule has 1 saturated heterocycles. The molecule has 2 heterocycles. The van der Waals surface area contributed by atoms with Gasteiger partial charge in [0.15, 0.2) is 0 Å². The van der Waals surface area contributed by atoms with E-state index in [9.17, 15) is 4.79 Å². The predicted octanol–water partition coefficient (Wildman–Crippen LogP) is 2.42. The molecule has 6 heteroatoms. The molecule has 0 bridgehead atoms. The molecule has 1 aromatic heterocycles. The Bertz CT molecular complexity index is 524. The second-order valence-corrected chi connectivity index (χ2v) is 5.82. The maximum absolute atomic E-state index is 12.1. The summed E-state index contributed by atoms with van der Waals surface area (Å²) in [5.41, 5.74) is 0.600. The molecule has 1 aliphatic heterocycles. The van der Waals surface area contributed by atoms with Crippen LogP contribution in [0.2, 0.25) is 0 Å². The molecule has 0 aromatic carbocycles. The Morgan fingerprint density at radius 2 is 2.35 bits per heavy atom. The second-order valence-electron chi connectivity index (χ2n) is 5.03. The number of hydrogen-bond donors (Lipinski definition) is 1. The number of allylic oxidation sites excluding steroid dienone is 1. The highest BCUT2D eigenvalue weighted by atomic mass is 79.9. The van der Waals surface area contributed by atoms with Gasteiger partial charge in [-0.05, 0) is 41.6 Å². The van der Waals surface area contributed by atoms with Crippen molar-refractivity contribution >= 4 is 21.6 Å². The molecule has 1 fully saturated rings. The van der Waals surface area contributed by atoms with E-state index in [2.05, 4.69) is 39.8 Å². The molecular weight excluding hydrogens is 322 g/mol. The molecule has 0 amide bonds. The van der Waals surface area contributed by atoms with E-state index in [-0.39, 0.29) is 11.6 Å². The van der Waals surface area contributed by atoms with Gasteiger partial charge in [0.05, 0.1) is 18.4 Å². The molecule has 1 atom stereocenters. The van der Waals surface area contributed by atoms with Crippen molar-refractivity contribution in [1.82, 2.24) is 9.78 Å². The Balaban J connectivity index is 2.11. The Morgan fingerprint density at radius 1 is 1.65 bits per heavy atom. The SMILES string of the molecule is C=CCn1ncc(NC(C)C2CCOCC2)c(Br)c1=O. The number of hydrogen-bond acceptors (Lipinski definition) is 4. The Labute approximate surface area is 127 Å². The highest BCUT2D eigenvalue weighted by Gasteiger charge is 2.21. The van der Waals surface area contributed by atoms with Gasteiger partial charge in [0.2, 0.25) is 0 Å². The average Bonchev–Trinajstić information content (AvgIpc) is 2.48. The molecule has 110 valence electrons. The molecular formula is C14H20BrN3O2. The van der Waals surface area contributed by atoms with Gasteiger partial charge < -0.3 is 10.1 Å². The number of nitrogens with one attached hydrogen (secondary N) is 1. The van der Waals surface area contributed by atoms with E-state index in [4.69, 9.17) is 4.74 Å². The van der Waals surface area contributed by atoms with Gasteiger partial charge in [0.25, 0.3) is 5.56 Å². The van der Waals surface area contributed by atoms with Crippen molar-refractivity contribution in [3.8, 4) is 0 Å². The third-order valence-corrected chi connectivity index (χ3v) is 4.41.